The second-order valence-corrected chi connectivity index (χ2v) is 6.29. The number of rotatable bonds is 6. The number of ether oxygens (including phenoxy) is 1. The Morgan fingerprint density at radius 1 is 0.931 bits per heavy atom. The number of benzene rings is 2. The largest absolute Gasteiger partial charge is 0.378 e. The first kappa shape index (κ1) is 18.8. The van der Waals surface area contributed by atoms with Crippen LogP contribution in [0, 0.1) is 5.82 Å². The minimum Gasteiger partial charge on any atom is -0.378 e. The zero-order valence-corrected chi connectivity index (χ0v) is 15.6. The van der Waals surface area contributed by atoms with E-state index in [1.807, 2.05) is 35.2 Å². The topological polar surface area (TPSA) is 87.6 Å². The number of halogens is 1. The molecular weight excluding hydrogens is 373 g/mol. The summed E-state index contributed by atoms with van der Waals surface area (Å²) in [6.07, 6.45) is 1.57. The van der Waals surface area contributed by atoms with Crippen molar-refractivity contribution in [3.05, 3.63) is 66.0 Å². The maximum Gasteiger partial charge on any atom is 0.250 e. The molecular formula is C20H20FN7O. The van der Waals surface area contributed by atoms with Gasteiger partial charge in [0.15, 0.2) is 0 Å². The Morgan fingerprint density at radius 3 is 2.41 bits per heavy atom. The first-order valence-electron chi connectivity index (χ1n) is 9.22. The zero-order valence-electron chi connectivity index (χ0n) is 15.6. The van der Waals surface area contributed by atoms with Gasteiger partial charge in [0.05, 0.1) is 19.4 Å². The molecule has 3 aromatic rings. The molecule has 1 saturated heterocycles. The van der Waals surface area contributed by atoms with Crippen molar-refractivity contribution >= 4 is 29.7 Å². The molecule has 0 aliphatic carbocycles. The van der Waals surface area contributed by atoms with Crippen LogP contribution in [0.4, 0.5) is 27.9 Å². The number of morpholine rings is 1. The van der Waals surface area contributed by atoms with Gasteiger partial charge in [-0.3, -0.25) is 0 Å². The maximum absolute atomic E-state index is 13.0. The second kappa shape index (κ2) is 9.07. The number of nitrogens with one attached hydrogen (secondary N) is 2. The Morgan fingerprint density at radius 2 is 1.66 bits per heavy atom. The zero-order chi connectivity index (χ0) is 19.9. The van der Waals surface area contributed by atoms with Crippen molar-refractivity contribution in [2.75, 3.05) is 41.9 Å². The monoisotopic (exact) mass is 393 g/mol. The molecule has 1 aliphatic heterocycles. The quantitative estimate of drug-likeness (QED) is 0.492. The fourth-order valence-corrected chi connectivity index (χ4v) is 2.74. The molecule has 1 fully saturated rings. The minimum atomic E-state index is -0.292. The van der Waals surface area contributed by atoms with E-state index in [0.717, 1.165) is 11.3 Å². The van der Waals surface area contributed by atoms with Gasteiger partial charge in [0.1, 0.15) is 5.82 Å². The molecule has 2 aromatic carbocycles. The van der Waals surface area contributed by atoms with E-state index in [0.29, 0.717) is 44.1 Å². The smallest absolute Gasteiger partial charge is 0.250 e. The van der Waals surface area contributed by atoms with Crippen LogP contribution in [-0.2, 0) is 4.74 Å². The van der Waals surface area contributed by atoms with Gasteiger partial charge in [-0.1, -0.05) is 30.3 Å². The predicted octanol–water partition coefficient (Wildman–Crippen LogP) is 3.04. The van der Waals surface area contributed by atoms with Crippen LogP contribution in [0.3, 0.4) is 0 Å². The summed E-state index contributed by atoms with van der Waals surface area (Å²) in [5.41, 5.74) is 4.45. The highest BCUT2D eigenvalue weighted by Gasteiger charge is 2.16. The number of hydrogen-bond donors (Lipinski definition) is 2. The van der Waals surface area contributed by atoms with E-state index in [2.05, 4.69) is 30.8 Å². The predicted molar refractivity (Wildman–Crippen MR) is 110 cm³/mol. The van der Waals surface area contributed by atoms with Crippen molar-refractivity contribution in [2.24, 2.45) is 5.10 Å². The molecule has 8 nitrogen and oxygen atoms in total. The summed E-state index contributed by atoms with van der Waals surface area (Å²) in [6, 6.07) is 15.7. The summed E-state index contributed by atoms with van der Waals surface area (Å²) < 4.78 is 18.4. The summed E-state index contributed by atoms with van der Waals surface area (Å²) in [6.45, 7) is 2.65. The van der Waals surface area contributed by atoms with Crippen LogP contribution in [0.2, 0.25) is 0 Å². The molecule has 29 heavy (non-hydrogen) atoms. The van der Waals surface area contributed by atoms with Crippen molar-refractivity contribution in [2.45, 2.75) is 0 Å². The Hall–Kier alpha value is -3.59. The molecule has 1 aromatic heterocycles. The van der Waals surface area contributed by atoms with Crippen molar-refractivity contribution in [3.8, 4) is 0 Å². The normalized spacial score (nSPS) is 14.2. The molecule has 0 spiro atoms. The van der Waals surface area contributed by atoms with E-state index in [9.17, 15) is 4.39 Å². The highest BCUT2D eigenvalue weighted by molar-refractivity contribution is 5.79. The number of anilines is 4. The van der Waals surface area contributed by atoms with E-state index < -0.39 is 0 Å². The Balaban J connectivity index is 1.55. The molecule has 0 radical (unpaired) electrons. The molecule has 4 rings (SSSR count). The third kappa shape index (κ3) is 5.23. The second-order valence-electron chi connectivity index (χ2n) is 6.29. The lowest BCUT2D eigenvalue weighted by Gasteiger charge is -2.27. The first-order chi connectivity index (χ1) is 14.3. The van der Waals surface area contributed by atoms with Gasteiger partial charge >= 0.3 is 0 Å². The molecule has 148 valence electrons. The van der Waals surface area contributed by atoms with E-state index in [1.165, 1.54) is 12.1 Å². The molecule has 0 atom stereocenters. The number of hydrogen-bond acceptors (Lipinski definition) is 8. The van der Waals surface area contributed by atoms with Crippen LogP contribution in [-0.4, -0.2) is 47.5 Å². The average Bonchev–Trinajstić information content (AvgIpc) is 2.76. The molecule has 1 aliphatic rings. The lowest BCUT2D eigenvalue weighted by molar-refractivity contribution is 0.122. The fraction of sp³-hybridized carbons (Fsp3) is 0.200. The molecule has 0 unspecified atom stereocenters. The van der Waals surface area contributed by atoms with E-state index in [-0.39, 0.29) is 5.82 Å². The molecule has 0 bridgehead atoms. The van der Waals surface area contributed by atoms with Crippen molar-refractivity contribution < 1.29 is 9.13 Å². The molecule has 9 heteroatoms. The van der Waals surface area contributed by atoms with Gasteiger partial charge in [0.25, 0.3) is 0 Å². The summed E-state index contributed by atoms with van der Waals surface area (Å²) in [7, 11) is 0. The summed E-state index contributed by atoms with van der Waals surface area (Å²) >= 11 is 0. The molecule has 2 heterocycles. The van der Waals surface area contributed by atoms with Crippen LogP contribution < -0.4 is 15.6 Å². The van der Waals surface area contributed by atoms with Gasteiger partial charge < -0.3 is 15.0 Å². The number of para-hydroxylation sites is 1. The Bertz CT molecular complexity index is 960. The molecule has 0 saturated carbocycles. The van der Waals surface area contributed by atoms with Gasteiger partial charge in [0, 0.05) is 18.8 Å². The van der Waals surface area contributed by atoms with Crippen molar-refractivity contribution in [1.29, 1.82) is 0 Å². The number of aromatic nitrogens is 3. The van der Waals surface area contributed by atoms with Gasteiger partial charge in [-0.15, -0.1) is 0 Å². The van der Waals surface area contributed by atoms with Gasteiger partial charge in [-0.05, 0) is 29.8 Å². The minimum absolute atomic E-state index is 0.292. The van der Waals surface area contributed by atoms with E-state index in [1.54, 1.807) is 18.3 Å². The highest BCUT2D eigenvalue weighted by Crippen LogP contribution is 2.18. The lowest BCUT2D eigenvalue weighted by atomic mass is 10.2. The lowest BCUT2D eigenvalue weighted by Crippen LogP contribution is -2.37. The van der Waals surface area contributed by atoms with Crippen LogP contribution in [0.15, 0.2) is 59.7 Å². The van der Waals surface area contributed by atoms with Crippen molar-refractivity contribution in [1.82, 2.24) is 15.0 Å². The van der Waals surface area contributed by atoms with Crippen LogP contribution in [0.25, 0.3) is 0 Å². The fourth-order valence-electron chi connectivity index (χ4n) is 2.74. The van der Waals surface area contributed by atoms with Gasteiger partial charge in [-0.25, -0.2) is 9.82 Å². The number of hydrazone groups is 1. The molecule has 2 N–H and O–H groups in total. The maximum atomic E-state index is 13.0. The average molecular weight is 393 g/mol. The summed E-state index contributed by atoms with van der Waals surface area (Å²) in [5.74, 6) is 0.964. The summed E-state index contributed by atoms with van der Waals surface area (Å²) in [4.78, 5) is 15.4. The van der Waals surface area contributed by atoms with E-state index in [4.69, 9.17) is 4.74 Å². The highest BCUT2D eigenvalue weighted by atomic mass is 19.1. The Labute approximate surface area is 167 Å². The standard InChI is InChI=1S/C20H20FN7O/c21-16-8-6-15(7-9-16)14-22-27-19-24-18(23-17-4-2-1-3-5-17)25-20(26-19)28-10-12-29-13-11-28/h1-9,14H,10-13H2,(H2,23,24,25,26,27)/b22-14-. The third-order valence-electron chi connectivity index (χ3n) is 4.20. The number of nitrogens with zero attached hydrogens (tertiary/aromatic N) is 5. The third-order valence-corrected chi connectivity index (χ3v) is 4.20. The van der Waals surface area contributed by atoms with Gasteiger partial charge in [0.2, 0.25) is 17.8 Å². The van der Waals surface area contributed by atoms with Gasteiger partial charge in [-0.2, -0.15) is 20.1 Å². The Kier molecular flexibility index (Phi) is 5.87. The van der Waals surface area contributed by atoms with Crippen LogP contribution >= 0.6 is 0 Å². The van der Waals surface area contributed by atoms with Crippen LogP contribution in [0.5, 0.6) is 0 Å². The SMILES string of the molecule is Fc1ccc(/C=N\Nc2nc(Nc3ccccc3)nc(N3CCOCC3)n2)cc1. The van der Waals surface area contributed by atoms with Crippen LogP contribution in [0.1, 0.15) is 5.56 Å². The summed E-state index contributed by atoms with van der Waals surface area (Å²) in [5, 5.41) is 7.34. The van der Waals surface area contributed by atoms with Crippen molar-refractivity contribution in [3.63, 3.8) is 0 Å². The first-order valence-corrected chi connectivity index (χ1v) is 9.22. The molecule has 0 amide bonds. The van der Waals surface area contributed by atoms with E-state index >= 15 is 0 Å².